The zero-order chi connectivity index (χ0) is 15.3. The summed E-state index contributed by atoms with van der Waals surface area (Å²) < 4.78 is 0. The lowest BCUT2D eigenvalue weighted by Gasteiger charge is -2.12. The molecule has 0 fully saturated rings. The molecule has 1 aromatic rings. The van der Waals surface area contributed by atoms with E-state index in [9.17, 15) is 0 Å². The summed E-state index contributed by atoms with van der Waals surface area (Å²) in [6.07, 6.45) is 5.66. The minimum atomic E-state index is 0.740. The number of rotatable bonds is 9. The molecule has 0 aromatic heterocycles. The Hall–Kier alpha value is -1.16. The lowest BCUT2D eigenvalue weighted by atomic mass is 10.1. The molecule has 118 valence electrons. The summed E-state index contributed by atoms with van der Waals surface area (Å²) >= 11 is 1.91. The van der Waals surface area contributed by atoms with E-state index in [0.717, 1.165) is 32.0 Å². The number of hydrogen-bond donors (Lipinski definition) is 2. The van der Waals surface area contributed by atoms with Crippen LogP contribution in [0.15, 0.2) is 29.3 Å². The SMILES string of the molecule is CCNC(=NCc1ccccc1CC)NCCCCSC. The molecular formula is C17H29N3S. The molecule has 0 aliphatic heterocycles. The van der Waals surface area contributed by atoms with Crippen LogP contribution in [-0.4, -0.2) is 31.1 Å². The Kier molecular flexibility index (Phi) is 9.79. The van der Waals surface area contributed by atoms with Crippen molar-refractivity contribution >= 4 is 17.7 Å². The van der Waals surface area contributed by atoms with Crippen LogP contribution in [0.5, 0.6) is 0 Å². The van der Waals surface area contributed by atoms with Crippen molar-refractivity contribution in [2.75, 3.05) is 25.1 Å². The third-order valence-corrected chi connectivity index (χ3v) is 4.02. The molecule has 0 aliphatic rings. The lowest BCUT2D eigenvalue weighted by Crippen LogP contribution is -2.37. The molecule has 0 amide bonds. The van der Waals surface area contributed by atoms with Gasteiger partial charge in [-0.15, -0.1) is 0 Å². The number of unbranched alkanes of at least 4 members (excludes halogenated alkanes) is 1. The Morgan fingerprint density at radius 3 is 2.52 bits per heavy atom. The quantitative estimate of drug-likeness (QED) is 0.417. The molecule has 0 aliphatic carbocycles. The van der Waals surface area contributed by atoms with Gasteiger partial charge in [0.1, 0.15) is 0 Å². The number of thioether (sulfide) groups is 1. The van der Waals surface area contributed by atoms with Crippen molar-refractivity contribution in [1.82, 2.24) is 10.6 Å². The van der Waals surface area contributed by atoms with Crippen LogP contribution in [0.2, 0.25) is 0 Å². The van der Waals surface area contributed by atoms with E-state index in [-0.39, 0.29) is 0 Å². The standard InChI is InChI=1S/C17H29N3S/c1-4-15-10-6-7-11-16(15)14-20-17(18-5-2)19-12-8-9-13-21-3/h6-7,10-11H,4-5,8-9,12-14H2,1-3H3,(H2,18,19,20). The largest absolute Gasteiger partial charge is 0.357 e. The molecule has 0 spiro atoms. The second-order valence-corrected chi connectivity index (χ2v) is 5.93. The summed E-state index contributed by atoms with van der Waals surface area (Å²) in [5.74, 6) is 2.16. The van der Waals surface area contributed by atoms with Gasteiger partial charge in [0.25, 0.3) is 0 Å². The Morgan fingerprint density at radius 1 is 1.10 bits per heavy atom. The van der Waals surface area contributed by atoms with E-state index < -0.39 is 0 Å². The summed E-state index contributed by atoms with van der Waals surface area (Å²) in [6.45, 7) is 6.92. The van der Waals surface area contributed by atoms with Gasteiger partial charge in [0.15, 0.2) is 5.96 Å². The number of benzene rings is 1. The summed E-state index contributed by atoms with van der Waals surface area (Å²) in [7, 11) is 0. The molecule has 0 bridgehead atoms. The van der Waals surface area contributed by atoms with Gasteiger partial charge in [-0.25, -0.2) is 4.99 Å². The summed E-state index contributed by atoms with van der Waals surface area (Å²) in [6, 6.07) is 8.55. The monoisotopic (exact) mass is 307 g/mol. The van der Waals surface area contributed by atoms with Crippen LogP contribution >= 0.6 is 11.8 Å². The molecule has 0 atom stereocenters. The van der Waals surface area contributed by atoms with Crippen LogP contribution in [-0.2, 0) is 13.0 Å². The number of nitrogens with zero attached hydrogens (tertiary/aromatic N) is 1. The zero-order valence-corrected chi connectivity index (χ0v) is 14.4. The predicted octanol–water partition coefficient (Wildman–Crippen LogP) is 3.45. The maximum Gasteiger partial charge on any atom is 0.191 e. The highest BCUT2D eigenvalue weighted by Gasteiger charge is 2.00. The van der Waals surface area contributed by atoms with E-state index in [0.29, 0.717) is 0 Å². The average molecular weight is 308 g/mol. The highest BCUT2D eigenvalue weighted by atomic mass is 32.2. The maximum atomic E-state index is 4.70. The van der Waals surface area contributed by atoms with Crippen LogP contribution in [0, 0.1) is 0 Å². The molecule has 21 heavy (non-hydrogen) atoms. The number of aryl methyl sites for hydroxylation is 1. The van der Waals surface area contributed by atoms with Gasteiger partial charge < -0.3 is 10.6 Å². The van der Waals surface area contributed by atoms with E-state index in [4.69, 9.17) is 4.99 Å². The number of nitrogens with one attached hydrogen (secondary N) is 2. The highest BCUT2D eigenvalue weighted by Crippen LogP contribution is 2.10. The van der Waals surface area contributed by atoms with Gasteiger partial charge in [-0.3, -0.25) is 0 Å². The van der Waals surface area contributed by atoms with Crippen LogP contribution in [0.1, 0.15) is 37.8 Å². The number of aliphatic imine (C=N–C) groups is 1. The molecule has 1 rings (SSSR count). The molecule has 3 nitrogen and oxygen atoms in total. The Morgan fingerprint density at radius 2 is 1.86 bits per heavy atom. The van der Waals surface area contributed by atoms with Crippen molar-refractivity contribution in [2.24, 2.45) is 4.99 Å². The van der Waals surface area contributed by atoms with Crippen molar-refractivity contribution in [3.8, 4) is 0 Å². The second-order valence-electron chi connectivity index (χ2n) is 4.94. The first-order valence-electron chi connectivity index (χ1n) is 7.89. The lowest BCUT2D eigenvalue weighted by molar-refractivity contribution is 0.734. The Balaban J connectivity index is 2.50. The van der Waals surface area contributed by atoms with Crippen LogP contribution in [0.3, 0.4) is 0 Å². The van der Waals surface area contributed by atoms with Gasteiger partial charge in [0.2, 0.25) is 0 Å². The first kappa shape index (κ1) is 17.9. The van der Waals surface area contributed by atoms with Crippen molar-refractivity contribution in [3.63, 3.8) is 0 Å². The van der Waals surface area contributed by atoms with Crippen molar-refractivity contribution in [3.05, 3.63) is 35.4 Å². The van der Waals surface area contributed by atoms with E-state index >= 15 is 0 Å². The van der Waals surface area contributed by atoms with Crippen molar-refractivity contribution in [2.45, 2.75) is 39.7 Å². The molecule has 0 saturated carbocycles. The fourth-order valence-electron chi connectivity index (χ4n) is 2.14. The third-order valence-electron chi connectivity index (χ3n) is 3.32. The topological polar surface area (TPSA) is 36.4 Å². The van der Waals surface area contributed by atoms with Crippen LogP contribution < -0.4 is 10.6 Å². The minimum absolute atomic E-state index is 0.740. The molecule has 0 saturated heterocycles. The van der Waals surface area contributed by atoms with Gasteiger partial charge in [-0.2, -0.15) is 11.8 Å². The average Bonchev–Trinajstić information content (AvgIpc) is 2.52. The van der Waals surface area contributed by atoms with E-state index in [1.807, 2.05) is 11.8 Å². The first-order valence-corrected chi connectivity index (χ1v) is 9.29. The zero-order valence-electron chi connectivity index (χ0n) is 13.6. The minimum Gasteiger partial charge on any atom is -0.357 e. The Labute approximate surface area is 134 Å². The smallest absolute Gasteiger partial charge is 0.191 e. The van der Waals surface area contributed by atoms with Gasteiger partial charge in [-0.1, -0.05) is 31.2 Å². The fourth-order valence-corrected chi connectivity index (χ4v) is 2.63. The molecule has 0 unspecified atom stereocenters. The molecule has 0 radical (unpaired) electrons. The normalized spacial score (nSPS) is 11.5. The molecule has 2 N–H and O–H groups in total. The molecule has 4 heteroatoms. The van der Waals surface area contributed by atoms with Gasteiger partial charge in [-0.05, 0) is 49.3 Å². The summed E-state index contributed by atoms with van der Waals surface area (Å²) in [5, 5.41) is 6.73. The number of hydrogen-bond acceptors (Lipinski definition) is 2. The van der Waals surface area contributed by atoms with Crippen molar-refractivity contribution in [1.29, 1.82) is 0 Å². The maximum absolute atomic E-state index is 4.70. The van der Waals surface area contributed by atoms with E-state index in [1.165, 1.54) is 29.7 Å². The second kappa shape index (κ2) is 11.5. The first-order chi connectivity index (χ1) is 10.3. The highest BCUT2D eigenvalue weighted by molar-refractivity contribution is 7.98. The Bertz CT molecular complexity index is 418. The number of guanidine groups is 1. The molecule has 0 heterocycles. The van der Waals surface area contributed by atoms with Crippen molar-refractivity contribution < 1.29 is 0 Å². The van der Waals surface area contributed by atoms with E-state index in [2.05, 4.69) is 55.0 Å². The van der Waals surface area contributed by atoms with Gasteiger partial charge in [0, 0.05) is 13.1 Å². The predicted molar refractivity (Wildman–Crippen MR) is 96.3 cm³/mol. The molecule has 1 aromatic carbocycles. The summed E-state index contributed by atoms with van der Waals surface area (Å²) in [4.78, 5) is 4.70. The third kappa shape index (κ3) is 7.42. The van der Waals surface area contributed by atoms with Gasteiger partial charge in [0.05, 0.1) is 6.54 Å². The van der Waals surface area contributed by atoms with Crippen LogP contribution in [0.25, 0.3) is 0 Å². The molecular weight excluding hydrogens is 278 g/mol. The van der Waals surface area contributed by atoms with E-state index in [1.54, 1.807) is 0 Å². The summed E-state index contributed by atoms with van der Waals surface area (Å²) in [5.41, 5.74) is 2.71. The van der Waals surface area contributed by atoms with Gasteiger partial charge >= 0.3 is 0 Å². The van der Waals surface area contributed by atoms with Crippen LogP contribution in [0.4, 0.5) is 0 Å². The fraction of sp³-hybridized carbons (Fsp3) is 0.588.